The molecule has 0 amide bonds. The third-order valence-corrected chi connectivity index (χ3v) is 5.76. The van der Waals surface area contributed by atoms with Gasteiger partial charge in [0.2, 0.25) is 10.0 Å². The first kappa shape index (κ1) is 22.3. The fourth-order valence-corrected chi connectivity index (χ4v) is 3.72. The van der Waals surface area contributed by atoms with E-state index in [4.69, 9.17) is 0 Å². The van der Waals surface area contributed by atoms with E-state index in [1.165, 1.54) is 19.2 Å². The maximum Gasteiger partial charge on any atom is 0.293 e. The van der Waals surface area contributed by atoms with Crippen molar-refractivity contribution in [1.82, 2.24) is 9.62 Å². The average molecular weight is 387 g/mol. The van der Waals surface area contributed by atoms with Crippen molar-refractivity contribution < 1.29 is 13.3 Å². The smallest absolute Gasteiger partial charge is 0.293 e. The molecule has 1 rings (SSSR count). The van der Waals surface area contributed by atoms with Crippen molar-refractivity contribution in [2.45, 2.75) is 45.1 Å². The Kier molecular flexibility index (Phi) is 8.45. The van der Waals surface area contributed by atoms with Crippen LogP contribution in [0.15, 0.2) is 23.1 Å². The Morgan fingerprint density at radius 3 is 2.31 bits per heavy atom. The molecule has 1 atom stereocenters. The van der Waals surface area contributed by atoms with E-state index in [0.717, 1.165) is 25.6 Å². The number of nitrogens with zero attached hydrogens (tertiary/aromatic N) is 2. The maximum atomic E-state index is 11.9. The Morgan fingerprint density at radius 2 is 1.85 bits per heavy atom. The van der Waals surface area contributed by atoms with E-state index in [-0.39, 0.29) is 16.6 Å². The Hall–Kier alpha value is -1.71. The second-order valence-corrected chi connectivity index (χ2v) is 8.42. The van der Waals surface area contributed by atoms with Crippen LogP contribution in [0.25, 0.3) is 0 Å². The SMILES string of the molecule is CCN(CC)[C@H](CNc1ccc(S(=O)(=O)NC)cc1[N+](=O)[O-])CC(C)C. The van der Waals surface area contributed by atoms with E-state index in [1.807, 2.05) is 0 Å². The summed E-state index contributed by atoms with van der Waals surface area (Å²) in [6.07, 6.45) is 0.967. The van der Waals surface area contributed by atoms with Crippen LogP contribution in [0.5, 0.6) is 0 Å². The number of anilines is 1. The number of sulfonamides is 1. The first-order chi connectivity index (χ1) is 12.2. The maximum absolute atomic E-state index is 11.9. The van der Waals surface area contributed by atoms with Crippen LogP contribution < -0.4 is 10.0 Å². The van der Waals surface area contributed by atoms with Gasteiger partial charge in [0.05, 0.1) is 9.82 Å². The summed E-state index contributed by atoms with van der Waals surface area (Å²) in [5.74, 6) is 0.500. The zero-order valence-corrected chi connectivity index (χ0v) is 17.0. The van der Waals surface area contributed by atoms with E-state index in [1.54, 1.807) is 0 Å². The molecular formula is C17H30N4O4S. The van der Waals surface area contributed by atoms with Crippen molar-refractivity contribution in [3.8, 4) is 0 Å². The van der Waals surface area contributed by atoms with Crippen LogP contribution >= 0.6 is 0 Å². The fraction of sp³-hybridized carbons (Fsp3) is 0.647. The van der Waals surface area contributed by atoms with Crippen molar-refractivity contribution in [3.05, 3.63) is 28.3 Å². The first-order valence-electron chi connectivity index (χ1n) is 8.86. The van der Waals surface area contributed by atoms with Crippen LogP contribution in [0.4, 0.5) is 11.4 Å². The Balaban J connectivity index is 3.09. The van der Waals surface area contributed by atoms with Crippen LogP contribution in [-0.4, -0.2) is 51.0 Å². The zero-order valence-electron chi connectivity index (χ0n) is 16.2. The summed E-state index contributed by atoms with van der Waals surface area (Å²) in [6, 6.07) is 4.15. The van der Waals surface area contributed by atoms with Gasteiger partial charge < -0.3 is 5.32 Å². The van der Waals surface area contributed by atoms with Crippen LogP contribution in [0.3, 0.4) is 0 Å². The molecule has 0 aromatic heterocycles. The van der Waals surface area contributed by atoms with E-state index in [0.29, 0.717) is 18.2 Å². The van der Waals surface area contributed by atoms with E-state index in [9.17, 15) is 18.5 Å². The van der Waals surface area contributed by atoms with Gasteiger partial charge >= 0.3 is 0 Å². The molecule has 0 radical (unpaired) electrons. The molecule has 9 heteroatoms. The average Bonchev–Trinajstić information content (AvgIpc) is 2.59. The molecule has 0 aliphatic heterocycles. The number of benzene rings is 1. The van der Waals surface area contributed by atoms with Crippen LogP contribution in [0, 0.1) is 16.0 Å². The largest absolute Gasteiger partial charge is 0.378 e. The molecule has 26 heavy (non-hydrogen) atoms. The molecule has 0 bridgehead atoms. The minimum Gasteiger partial charge on any atom is -0.378 e. The topological polar surface area (TPSA) is 105 Å². The molecule has 0 aliphatic rings. The third-order valence-electron chi connectivity index (χ3n) is 4.35. The lowest BCUT2D eigenvalue weighted by atomic mass is 10.0. The standard InChI is InChI=1S/C17H30N4O4S/c1-6-20(7-2)14(10-13(3)4)12-19-16-9-8-15(26(24,25)18-5)11-17(16)21(22)23/h8-9,11,13-14,18-19H,6-7,10,12H2,1-5H3/t14-/m0/s1. The Labute approximate surface area is 156 Å². The molecule has 1 aromatic carbocycles. The van der Waals surface area contributed by atoms with Gasteiger partial charge in [-0.25, -0.2) is 13.1 Å². The minimum absolute atomic E-state index is 0.125. The Bertz CT molecular complexity index is 703. The van der Waals surface area contributed by atoms with Crippen LogP contribution in [0.2, 0.25) is 0 Å². The van der Waals surface area contributed by atoms with Crippen molar-refractivity contribution in [3.63, 3.8) is 0 Å². The molecule has 8 nitrogen and oxygen atoms in total. The molecule has 0 saturated heterocycles. The van der Waals surface area contributed by atoms with E-state index < -0.39 is 14.9 Å². The quantitative estimate of drug-likeness (QED) is 0.447. The fourth-order valence-electron chi connectivity index (χ4n) is 2.97. The normalized spacial score (nSPS) is 13.2. The van der Waals surface area contributed by atoms with Gasteiger partial charge in [-0.3, -0.25) is 15.0 Å². The van der Waals surface area contributed by atoms with Gasteiger partial charge in [-0.1, -0.05) is 27.7 Å². The predicted molar refractivity (Wildman–Crippen MR) is 104 cm³/mol. The van der Waals surface area contributed by atoms with Gasteiger partial charge in [-0.15, -0.1) is 0 Å². The lowest BCUT2D eigenvalue weighted by molar-refractivity contribution is -0.384. The number of nitrogens with one attached hydrogen (secondary N) is 2. The monoisotopic (exact) mass is 386 g/mol. The zero-order chi connectivity index (χ0) is 19.9. The predicted octanol–water partition coefficient (Wildman–Crippen LogP) is 2.67. The molecule has 0 unspecified atom stereocenters. The van der Waals surface area contributed by atoms with Crippen molar-refractivity contribution >= 4 is 21.4 Å². The van der Waals surface area contributed by atoms with Crippen LogP contribution in [0.1, 0.15) is 34.1 Å². The van der Waals surface area contributed by atoms with Gasteiger partial charge in [-0.05, 0) is 44.6 Å². The van der Waals surface area contributed by atoms with Crippen molar-refractivity contribution in [2.75, 3.05) is 32.0 Å². The van der Waals surface area contributed by atoms with Crippen LogP contribution in [-0.2, 0) is 10.0 Å². The summed E-state index contributed by atoms with van der Waals surface area (Å²) in [4.78, 5) is 13.0. The number of nitro benzene ring substituents is 1. The number of nitro groups is 1. The molecule has 0 aliphatic carbocycles. The number of likely N-dealkylation sites (N-methyl/N-ethyl adjacent to an activating group) is 1. The van der Waals surface area contributed by atoms with Gasteiger partial charge in [0.15, 0.2) is 0 Å². The summed E-state index contributed by atoms with van der Waals surface area (Å²) < 4.78 is 25.9. The second-order valence-electron chi connectivity index (χ2n) is 6.53. The highest BCUT2D eigenvalue weighted by atomic mass is 32.2. The highest BCUT2D eigenvalue weighted by Crippen LogP contribution is 2.28. The lowest BCUT2D eigenvalue weighted by Crippen LogP contribution is -2.40. The molecule has 2 N–H and O–H groups in total. The minimum atomic E-state index is -3.73. The number of rotatable bonds is 11. The van der Waals surface area contributed by atoms with Gasteiger partial charge in [0.25, 0.3) is 5.69 Å². The summed E-state index contributed by atoms with van der Waals surface area (Å²) in [5, 5.41) is 14.5. The van der Waals surface area contributed by atoms with Gasteiger partial charge in [0, 0.05) is 18.7 Å². The summed E-state index contributed by atoms with van der Waals surface area (Å²) in [6.45, 7) is 10.8. The van der Waals surface area contributed by atoms with Gasteiger partial charge in [0.1, 0.15) is 5.69 Å². The molecule has 0 fully saturated rings. The molecule has 148 valence electrons. The first-order valence-corrected chi connectivity index (χ1v) is 10.3. The van der Waals surface area contributed by atoms with Crippen molar-refractivity contribution in [1.29, 1.82) is 0 Å². The highest BCUT2D eigenvalue weighted by molar-refractivity contribution is 7.89. The van der Waals surface area contributed by atoms with E-state index >= 15 is 0 Å². The highest BCUT2D eigenvalue weighted by Gasteiger charge is 2.22. The summed E-state index contributed by atoms with van der Waals surface area (Å²) in [7, 11) is -2.46. The third kappa shape index (κ3) is 5.93. The van der Waals surface area contributed by atoms with Crippen molar-refractivity contribution in [2.24, 2.45) is 5.92 Å². The molecular weight excluding hydrogens is 356 g/mol. The summed E-state index contributed by atoms with van der Waals surface area (Å²) >= 11 is 0. The molecule has 0 spiro atoms. The lowest BCUT2D eigenvalue weighted by Gasteiger charge is -2.31. The Morgan fingerprint density at radius 1 is 1.23 bits per heavy atom. The summed E-state index contributed by atoms with van der Waals surface area (Å²) in [5.41, 5.74) is 0.0788. The number of hydrogen-bond donors (Lipinski definition) is 2. The number of hydrogen-bond acceptors (Lipinski definition) is 6. The second kappa shape index (κ2) is 9.84. The van der Waals surface area contributed by atoms with E-state index in [2.05, 4.69) is 42.6 Å². The molecule has 0 saturated carbocycles. The molecule has 0 heterocycles. The van der Waals surface area contributed by atoms with Gasteiger partial charge in [-0.2, -0.15) is 0 Å². The molecule has 1 aromatic rings.